The minimum Gasteiger partial charge on any atom is -0.356 e. The predicted octanol–water partition coefficient (Wildman–Crippen LogP) is 6.09. The number of nitrogens with one attached hydrogen (secondary N) is 1. The average Bonchev–Trinajstić information content (AvgIpc) is 3.26. The first kappa shape index (κ1) is 24.7. The van der Waals surface area contributed by atoms with E-state index in [1.54, 1.807) is 11.8 Å². The molecule has 0 atom stereocenters. The summed E-state index contributed by atoms with van der Waals surface area (Å²) in [5, 5.41) is 12.6. The lowest BCUT2D eigenvalue weighted by Gasteiger charge is -2.18. The molecule has 180 valence electrons. The highest BCUT2D eigenvalue weighted by Gasteiger charge is 2.15. The van der Waals surface area contributed by atoms with Crippen molar-refractivity contribution in [1.82, 2.24) is 20.1 Å². The van der Waals surface area contributed by atoms with Gasteiger partial charge in [-0.25, -0.2) is 0 Å². The smallest absolute Gasteiger partial charge is 0.220 e. The van der Waals surface area contributed by atoms with Crippen molar-refractivity contribution in [2.24, 2.45) is 0 Å². The first-order valence-electron chi connectivity index (χ1n) is 12.1. The number of nitrogens with zero attached hydrogens (tertiary/aromatic N) is 3. The largest absolute Gasteiger partial charge is 0.356 e. The summed E-state index contributed by atoms with van der Waals surface area (Å²) in [6.07, 6.45) is 2.16. The van der Waals surface area contributed by atoms with Crippen LogP contribution in [-0.2, 0) is 4.79 Å². The van der Waals surface area contributed by atoms with Crippen LogP contribution < -0.4 is 5.32 Å². The number of aromatic nitrogens is 3. The lowest BCUT2D eigenvalue weighted by molar-refractivity contribution is -0.121. The Morgan fingerprint density at radius 3 is 2.14 bits per heavy atom. The number of carbonyl (C=O) groups excluding carboxylic acids is 1. The Hall–Kier alpha value is -3.38. The Labute approximate surface area is 212 Å². The molecule has 1 N–H and O–H groups in total. The number of carbonyl (C=O) groups is 1. The van der Waals surface area contributed by atoms with Crippen molar-refractivity contribution in [1.29, 1.82) is 0 Å². The van der Waals surface area contributed by atoms with E-state index in [0.29, 0.717) is 13.0 Å². The molecule has 0 fully saturated rings. The molecule has 0 spiro atoms. The molecule has 0 aliphatic carbocycles. The summed E-state index contributed by atoms with van der Waals surface area (Å²) in [5.41, 5.74) is 4.83. The molecule has 4 aromatic rings. The van der Waals surface area contributed by atoms with E-state index in [4.69, 9.17) is 0 Å². The van der Waals surface area contributed by atoms with Gasteiger partial charge in [0.15, 0.2) is 5.16 Å². The molecular weight excluding hydrogens is 452 g/mol. The van der Waals surface area contributed by atoms with E-state index >= 15 is 0 Å². The fraction of sp³-hybridized carbons (Fsp3) is 0.276. The van der Waals surface area contributed by atoms with Gasteiger partial charge in [-0.3, -0.25) is 9.36 Å². The number of hydrogen-bond donors (Lipinski definition) is 1. The van der Waals surface area contributed by atoms with Gasteiger partial charge in [-0.2, -0.15) is 0 Å². The van der Waals surface area contributed by atoms with Gasteiger partial charge in [0.05, 0.1) is 0 Å². The van der Waals surface area contributed by atoms with Crippen molar-refractivity contribution < 1.29 is 4.79 Å². The lowest BCUT2D eigenvalue weighted by Crippen LogP contribution is -2.25. The second-order valence-electron chi connectivity index (χ2n) is 8.67. The highest BCUT2D eigenvalue weighted by atomic mass is 32.2. The predicted molar refractivity (Wildman–Crippen MR) is 143 cm³/mol. The quantitative estimate of drug-likeness (QED) is 0.207. The second kappa shape index (κ2) is 12.4. The topological polar surface area (TPSA) is 59.8 Å². The van der Waals surface area contributed by atoms with Crippen LogP contribution in [0.4, 0.5) is 0 Å². The van der Waals surface area contributed by atoms with Gasteiger partial charge in [0.2, 0.25) is 5.91 Å². The summed E-state index contributed by atoms with van der Waals surface area (Å²) >= 11 is 1.64. The Bertz CT molecular complexity index is 1170. The fourth-order valence-corrected chi connectivity index (χ4v) is 5.10. The molecule has 0 aliphatic heterocycles. The molecule has 0 saturated carbocycles. The maximum atomic E-state index is 12.5. The van der Waals surface area contributed by atoms with Crippen LogP contribution in [0.5, 0.6) is 0 Å². The number of rotatable bonds is 11. The highest BCUT2D eigenvalue weighted by molar-refractivity contribution is 7.99. The third kappa shape index (κ3) is 6.83. The molecule has 1 aromatic heterocycles. The van der Waals surface area contributed by atoms with Gasteiger partial charge in [-0.05, 0) is 49.9 Å². The maximum Gasteiger partial charge on any atom is 0.220 e. The standard InChI is InChI=1S/C29H32N4OS/c1-22-15-17-26(18-16-22)33-23(2)31-32-29(33)35-21-9-14-28(34)30-20-19-27(24-10-5-3-6-11-24)25-12-7-4-8-13-25/h3-8,10-13,15-18,27H,9,14,19-21H2,1-2H3,(H,30,34). The summed E-state index contributed by atoms with van der Waals surface area (Å²) in [5.74, 6) is 2.04. The molecule has 0 aliphatic rings. The number of amides is 1. The highest BCUT2D eigenvalue weighted by Crippen LogP contribution is 2.27. The third-order valence-corrected chi connectivity index (χ3v) is 7.04. The molecule has 4 rings (SSSR count). The summed E-state index contributed by atoms with van der Waals surface area (Å²) in [6, 6.07) is 29.4. The van der Waals surface area contributed by atoms with E-state index in [1.165, 1.54) is 16.7 Å². The number of hydrogen-bond acceptors (Lipinski definition) is 4. The van der Waals surface area contributed by atoms with Crippen molar-refractivity contribution in [2.45, 2.75) is 44.2 Å². The van der Waals surface area contributed by atoms with Gasteiger partial charge in [0.1, 0.15) is 5.82 Å². The van der Waals surface area contributed by atoms with Crippen molar-refractivity contribution in [3.05, 3.63) is 107 Å². The van der Waals surface area contributed by atoms with Gasteiger partial charge >= 0.3 is 0 Å². The van der Waals surface area contributed by atoms with Crippen LogP contribution in [0.2, 0.25) is 0 Å². The molecule has 5 nitrogen and oxygen atoms in total. The number of benzene rings is 3. The minimum absolute atomic E-state index is 0.0988. The van der Waals surface area contributed by atoms with E-state index in [9.17, 15) is 4.79 Å². The zero-order valence-corrected chi connectivity index (χ0v) is 21.2. The third-order valence-electron chi connectivity index (χ3n) is 6.03. The van der Waals surface area contributed by atoms with E-state index in [2.05, 4.69) is 99.8 Å². The van der Waals surface area contributed by atoms with Crippen molar-refractivity contribution >= 4 is 17.7 Å². The first-order valence-corrected chi connectivity index (χ1v) is 13.1. The van der Waals surface area contributed by atoms with Gasteiger partial charge in [-0.1, -0.05) is 90.1 Å². The zero-order chi connectivity index (χ0) is 24.5. The summed E-state index contributed by atoms with van der Waals surface area (Å²) in [6.45, 7) is 4.69. The Morgan fingerprint density at radius 1 is 0.886 bits per heavy atom. The fourth-order valence-electron chi connectivity index (χ4n) is 4.16. The van der Waals surface area contributed by atoms with Crippen LogP contribution in [0, 0.1) is 13.8 Å². The van der Waals surface area contributed by atoms with Crippen molar-refractivity contribution in [3.63, 3.8) is 0 Å². The second-order valence-corrected chi connectivity index (χ2v) is 9.73. The molecule has 6 heteroatoms. The molecule has 1 amide bonds. The maximum absolute atomic E-state index is 12.5. The van der Waals surface area contributed by atoms with Gasteiger partial charge in [0.25, 0.3) is 0 Å². The van der Waals surface area contributed by atoms with E-state index < -0.39 is 0 Å². The molecule has 1 heterocycles. The normalized spacial score (nSPS) is 11.1. The molecule has 0 bridgehead atoms. The minimum atomic E-state index is 0.0988. The van der Waals surface area contributed by atoms with Crippen LogP contribution in [0.25, 0.3) is 5.69 Å². The first-order chi connectivity index (χ1) is 17.1. The zero-order valence-electron chi connectivity index (χ0n) is 20.4. The van der Waals surface area contributed by atoms with E-state index in [0.717, 1.165) is 35.3 Å². The summed E-state index contributed by atoms with van der Waals surface area (Å²) < 4.78 is 2.07. The summed E-state index contributed by atoms with van der Waals surface area (Å²) in [7, 11) is 0. The van der Waals surface area contributed by atoms with E-state index in [1.807, 2.05) is 19.1 Å². The molecule has 0 unspecified atom stereocenters. The van der Waals surface area contributed by atoms with Crippen molar-refractivity contribution in [2.75, 3.05) is 12.3 Å². The lowest BCUT2D eigenvalue weighted by atomic mass is 9.88. The van der Waals surface area contributed by atoms with E-state index in [-0.39, 0.29) is 11.8 Å². The van der Waals surface area contributed by atoms with Crippen LogP contribution in [-0.4, -0.2) is 33.0 Å². The number of aryl methyl sites for hydroxylation is 2. The van der Waals surface area contributed by atoms with Crippen LogP contribution in [0.1, 0.15) is 47.7 Å². The Kier molecular flexibility index (Phi) is 8.74. The molecule has 35 heavy (non-hydrogen) atoms. The van der Waals surface area contributed by atoms with Gasteiger partial charge < -0.3 is 5.32 Å². The molecule has 3 aromatic carbocycles. The Balaban J connectivity index is 1.24. The van der Waals surface area contributed by atoms with Crippen LogP contribution >= 0.6 is 11.8 Å². The molecule has 0 saturated heterocycles. The van der Waals surface area contributed by atoms with Crippen LogP contribution in [0.15, 0.2) is 90.1 Å². The molecule has 0 radical (unpaired) electrons. The van der Waals surface area contributed by atoms with Crippen LogP contribution in [0.3, 0.4) is 0 Å². The molecular formula is C29H32N4OS. The SMILES string of the molecule is Cc1ccc(-n2c(C)nnc2SCCCC(=O)NCCC(c2ccccc2)c2ccccc2)cc1. The Morgan fingerprint density at radius 2 is 1.51 bits per heavy atom. The van der Waals surface area contributed by atoms with Gasteiger partial charge in [0, 0.05) is 30.3 Å². The monoisotopic (exact) mass is 484 g/mol. The summed E-state index contributed by atoms with van der Waals surface area (Å²) in [4.78, 5) is 12.5. The number of thioether (sulfide) groups is 1. The van der Waals surface area contributed by atoms with Crippen molar-refractivity contribution in [3.8, 4) is 5.69 Å². The average molecular weight is 485 g/mol. The van der Waals surface area contributed by atoms with Gasteiger partial charge in [-0.15, -0.1) is 10.2 Å².